The number of amides is 1. The van der Waals surface area contributed by atoms with Crippen molar-refractivity contribution in [2.45, 2.75) is 70.8 Å². The van der Waals surface area contributed by atoms with Gasteiger partial charge in [0, 0.05) is 12.6 Å². The lowest BCUT2D eigenvalue weighted by Crippen LogP contribution is -2.41. The van der Waals surface area contributed by atoms with Crippen molar-refractivity contribution >= 4 is 17.7 Å². The number of para-hydroxylation sites is 1. The van der Waals surface area contributed by atoms with Crippen LogP contribution in [0, 0.1) is 19.8 Å². The molecule has 0 spiro atoms. The first-order valence-corrected chi connectivity index (χ1v) is 11.6. The van der Waals surface area contributed by atoms with Gasteiger partial charge >= 0.3 is 0 Å². The zero-order valence-electron chi connectivity index (χ0n) is 18.2. The van der Waals surface area contributed by atoms with E-state index in [2.05, 4.69) is 29.0 Å². The van der Waals surface area contributed by atoms with Crippen LogP contribution in [0.2, 0.25) is 0 Å². The molecule has 1 aliphatic carbocycles. The largest absolute Gasteiger partial charge is 0.485 e. The Morgan fingerprint density at radius 1 is 1.30 bits per heavy atom. The van der Waals surface area contributed by atoms with Crippen LogP contribution in [0.25, 0.3) is 0 Å². The monoisotopic (exact) mass is 428 g/mol. The minimum atomic E-state index is 0.0558. The number of carbonyl (C=O) groups excluding carboxylic acids is 1. The van der Waals surface area contributed by atoms with Gasteiger partial charge in [-0.05, 0) is 43.7 Å². The van der Waals surface area contributed by atoms with Crippen LogP contribution in [-0.4, -0.2) is 32.5 Å². The van der Waals surface area contributed by atoms with Crippen LogP contribution in [0.5, 0.6) is 5.75 Å². The molecule has 0 bridgehead atoms. The summed E-state index contributed by atoms with van der Waals surface area (Å²) in [5, 5.41) is 12.5. The highest BCUT2D eigenvalue weighted by molar-refractivity contribution is 7.99. The molecule has 2 atom stereocenters. The maximum Gasteiger partial charge on any atom is 0.230 e. The number of hydrogen-bond donors (Lipinski definition) is 1. The Morgan fingerprint density at radius 3 is 2.73 bits per heavy atom. The molecule has 1 fully saturated rings. The molecule has 1 aromatic heterocycles. The minimum Gasteiger partial charge on any atom is -0.485 e. The second-order valence-electron chi connectivity index (χ2n) is 8.03. The molecule has 0 radical (unpaired) electrons. The van der Waals surface area contributed by atoms with Crippen molar-refractivity contribution in [3.05, 3.63) is 47.8 Å². The van der Waals surface area contributed by atoms with Crippen LogP contribution in [-0.2, 0) is 17.9 Å². The summed E-state index contributed by atoms with van der Waals surface area (Å²) in [7, 11) is 0. The Labute approximate surface area is 183 Å². The van der Waals surface area contributed by atoms with Crippen molar-refractivity contribution in [3.8, 4) is 5.75 Å². The average Bonchev–Trinajstić information content (AvgIpc) is 3.10. The van der Waals surface area contributed by atoms with Gasteiger partial charge in [-0.3, -0.25) is 9.36 Å². The lowest BCUT2D eigenvalue weighted by molar-refractivity contribution is -0.119. The van der Waals surface area contributed by atoms with Crippen molar-refractivity contribution in [3.63, 3.8) is 0 Å². The Morgan fingerprint density at radius 2 is 2.03 bits per heavy atom. The van der Waals surface area contributed by atoms with Crippen molar-refractivity contribution in [1.29, 1.82) is 0 Å². The molecule has 1 amide bonds. The predicted molar refractivity (Wildman–Crippen MR) is 121 cm³/mol. The molecular weight excluding hydrogens is 396 g/mol. The fourth-order valence-electron chi connectivity index (χ4n) is 3.92. The summed E-state index contributed by atoms with van der Waals surface area (Å²) in [6, 6.07) is 6.37. The number of hydrogen-bond acceptors (Lipinski definition) is 5. The second kappa shape index (κ2) is 10.7. The summed E-state index contributed by atoms with van der Waals surface area (Å²) in [4.78, 5) is 12.5. The van der Waals surface area contributed by atoms with Gasteiger partial charge in [0.25, 0.3) is 0 Å². The van der Waals surface area contributed by atoms with Gasteiger partial charge in [0.05, 0.1) is 5.75 Å². The number of aryl methyl sites for hydroxylation is 2. The summed E-state index contributed by atoms with van der Waals surface area (Å²) in [6.07, 6.45) is 6.53. The summed E-state index contributed by atoms with van der Waals surface area (Å²) >= 11 is 1.41. The van der Waals surface area contributed by atoms with Gasteiger partial charge in [0.15, 0.2) is 11.0 Å². The molecule has 1 N–H and O–H groups in total. The Bertz CT molecular complexity index is 860. The van der Waals surface area contributed by atoms with Crippen LogP contribution in [0.4, 0.5) is 0 Å². The van der Waals surface area contributed by atoms with Crippen LogP contribution in [0.3, 0.4) is 0 Å². The molecule has 1 aliphatic rings. The van der Waals surface area contributed by atoms with E-state index < -0.39 is 0 Å². The van der Waals surface area contributed by atoms with Gasteiger partial charge in [-0.1, -0.05) is 55.8 Å². The van der Waals surface area contributed by atoms with E-state index in [-0.39, 0.29) is 5.91 Å². The van der Waals surface area contributed by atoms with Gasteiger partial charge in [0.2, 0.25) is 5.91 Å². The third-order valence-corrected chi connectivity index (χ3v) is 6.62. The van der Waals surface area contributed by atoms with Crippen molar-refractivity contribution < 1.29 is 9.53 Å². The van der Waals surface area contributed by atoms with E-state index in [9.17, 15) is 4.79 Å². The number of rotatable bonds is 9. The first kappa shape index (κ1) is 22.4. The number of thioether (sulfide) groups is 1. The number of benzene rings is 1. The lowest BCUT2D eigenvalue weighted by atomic mass is 9.86. The third kappa shape index (κ3) is 5.65. The highest BCUT2D eigenvalue weighted by atomic mass is 32.2. The van der Waals surface area contributed by atoms with E-state index in [1.807, 2.05) is 36.6 Å². The molecule has 162 valence electrons. The summed E-state index contributed by atoms with van der Waals surface area (Å²) in [5.74, 6) is 2.53. The van der Waals surface area contributed by atoms with Crippen molar-refractivity contribution in [2.24, 2.45) is 5.92 Å². The first-order chi connectivity index (χ1) is 14.5. The van der Waals surface area contributed by atoms with E-state index in [0.29, 0.717) is 36.0 Å². The normalized spacial score (nSPS) is 18.8. The number of nitrogens with zero attached hydrogens (tertiary/aromatic N) is 3. The maximum absolute atomic E-state index is 12.5. The van der Waals surface area contributed by atoms with Gasteiger partial charge in [-0.25, -0.2) is 0 Å². The molecule has 30 heavy (non-hydrogen) atoms. The molecule has 7 heteroatoms. The third-order valence-electron chi connectivity index (χ3n) is 5.65. The van der Waals surface area contributed by atoms with E-state index in [1.54, 1.807) is 6.08 Å². The molecule has 1 saturated carbocycles. The number of allylic oxidation sites excluding steroid dienone is 1. The average molecular weight is 429 g/mol. The first-order valence-electron chi connectivity index (χ1n) is 10.6. The minimum absolute atomic E-state index is 0.0558. The van der Waals surface area contributed by atoms with Gasteiger partial charge < -0.3 is 10.1 Å². The van der Waals surface area contributed by atoms with Gasteiger partial charge in [-0.2, -0.15) is 0 Å². The topological polar surface area (TPSA) is 69.0 Å². The Balaban J connectivity index is 1.61. The molecule has 2 aromatic rings. The van der Waals surface area contributed by atoms with Crippen LogP contribution < -0.4 is 10.1 Å². The van der Waals surface area contributed by atoms with Crippen molar-refractivity contribution in [1.82, 2.24) is 20.1 Å². The molecule has 1 aromatic carbocycles. The Hall–Kier alpha value is -2.28. The van der Waals surface area contributed by atoms with Crippen LogP contribution in [0.15, 0.2) is 36.0 Å². The smallest absolute Gasteiger partial charge is 0.230 e. The predicted octanol–water partition coefficient (Wildman–Crippen LogP) is 4.45. The van der Waals surface area contributed by atoms with E-state index in [1.165, 1.54) is 31.0 Å². The lowest BCUT2D eigenvalue weighted by Gasteiger charge is -2.29. The summed E-state index contributed by atoms with van der Waals surface area (Å²) in [6.45, 7) is 11.0. The second-order valence-corrected chi connectivity index (χ2v) is 8.97. The van der Waals surface area contributed by atoms with E-state index in [4.69, 9.17) is 4.74 Å². The fraction of sp³-hybridized carbons (Fsp3) is 0.522. The van der Waals surface area contributed by atoms with E-state index in [0.717, 1.165) is 29.1 Å². The van der Waals surface area contributed by atoms with Crippen molar-refractivity contribution in [2.75, 3.05) is 5.75 Å². The Kier molecular flexibility index (Phi) is 7.96. The summed E-state index contributed by atoms with van der Waals surface area (Å²) in [5.41, 5.74) is 2.18. The molecule has 3 rings (SSSR count). The highest BCUT2D eigenvalue weighted by Gasteiger charge is 2.23. The number of carbonyl (C=O) groups is 1. The zero-order chi connectivity index (χ0) is 21.5. The standard InChI is InChI=1S/C23H32N4O2S/c1-5-13-27-20(14-29-22-17(3)10-8-11-18(22)4)25-26-23(27)30-15-21(28)24-19-12-7-6-9-16(19)2/h5,8,10-11,16,19H,1,6-7,9,12-15H2,2-4H3,(H,24,28)/t16-,19-/m1/s1. The molecule has 0 aliphatic heterocycles. The molecule has 0 saturated heterocycles. The molecule has 1 heterocycles. The summed E-state index contributed by atoms with van der Waals surface area (Å²) < 4.78 is 8.01. The number of ether oxygens (including phenoxy) is 1. The highest BCUT2D eigenvalue weighted by Crippen LogP contribution is 2.25. The molecule has 0 unspecified atom stereocenters. The zero-order valence-corrected chi connectivity index (χ0v) is 19.0. The van der Waals surface area contributed by atoms with Gasteiger partial charge in [0.1, 0.15) is 12.4 Å². The van der Waals surface area contributed by atoms with Gasteiger partial charge in [-0.15, -0.1) is 16.8 Å². The van der Waals surface area contributed by atoms with E-state index >= 15 is 0 Å². The van der Waals surface area contributed by atoms with Crippen LogP contribution in [0.1, 0.15) is 49.6 Å². The fourth-order valence-corrected chi connectivity index (χ4v) is 4.70. The SMILES string of the molecule is C=CCn1c(COc2c(C)cccc2C)nnc1SCC(=O)N[C@@H]1CCCC[C@H]1C. The molecule has 6 nitrogen and oxygen atoms in total. The molecular formula is C23H32N4O2S. The number of nitrogens with one attached hydrogen (secondary N) is 1. The quantitative estimate of drug-likeness (QED) is 0.472. The maximum atomic E-state index is 12.5. The number of aromatic nitrogens is 3. The van der Waals surface area contributed by atoms with Crippen LogP contribution >= 0.6 is 11.8 Å².